The maximum absolute atomic E-state index is 3.70. The molecule has 0 aromatic heterocycles. The van der Waals surface area contributed by atoms with Gasteiger partial charge in [-0.05, 0) is 35.8 Å². The summed E-state index contributed by atoms with van der Waals surface area (Å²) in [4.78, 5) is 0. The maximum Gasteiger partial charge on any atom is 0.0210 e. The highest BCUT2D eigenvalue weighted by molar-refractivity contribution is 9.10. The Bertz CT molecular complexity index is 379. The normalized spacial score (nSPS) is 13.8. The second-order valence-corrected chi connectivity index (χ2v) is 7.74. The molecule has 1 aromatic rings. The molecule has 0 aliphatic heterocycles. The molecule has 2 heteroatoms. The van der Waals surface area contributed by atoms with E-state index in [-0.39, 0.29) is 0 Å². The average molecular weight is 326 g/mol. The predicted molar refractivity (Wildman–Crippen MR) is 88.7 cm³/mol. The van der Waals surface area contributed by atoms with Gasteiger partial charge in [-0.2, -0.15) is 0 Å². The average Bonchev–Trinajstić information content (AvgIpc) is 2.29. The first-order valence-electron chi connectivity index (χ1n) is 7.27. The van der Waals surface area contributed by atoms with E-state index in [1.165, 1.54) is 22.9 Å². The van der Waals surface area contributed by atoms with Crippen LogP contribution in [-0.2, 0) is 0 Å². The Kier molecular flexibility index (Phi) is 6.55. The van der Waals surface area contributed by atoms with Crippen LogP contribution < -0.4 is 5.32 Å². The zero-order valence-corrected chi connectivity index (χ0v) is 14.5. The lowest BCUT2D eigenvalue weighted by Crippen LogP contribution is -2.28. The number of halogens is 1. The molecule has 19 heavy (non-hydrogen) atoms. The largest absolute Gasteiger partial charge is 0.314 e. The maximum atomic E-state index is 3.70. The molecule has 0 fully saturated rings. The van der Waals surface area contributed by atoms with Crippen molar-refractivity contribution in [3.63, 3.8) is 0 Å². The van der Waals surface area contributed by atoms with Crippen molar-refractivity contribution < 1.29 is 0 Å². The number of hydrogen-bond donors (Lipinski definition) is 1. The van der Waals surface area contributed by atoms with Crippen molar-refractivity contribution >= 4 is 15.9 Å². The molecular weight excluding hydrogens is 298 g/mol. The minimum Gasteiger partial charge on any atom is -0.314 e. The molecule has 1 rings (SSSR count). The van der Waals surface area contributed by atoms with Crippen molar-refractivity contribution in [3.8, 4) is 0 Å². The Morgan fingerprint density at radius 1 is 1.16 bits per heavy atom. The van der Waals surface area contributed by atoms with Gasteiger partial charge in [-0.15, -0.1) is 0 Å². The van der Waals surface area contributed by atoms with Crippen LogP contribution in [0.3, 0.4) is 0 Å². The van der Waals surface area contributed by atoms with Crippen LogP contribution in [0.1, 0.15) is 58.9 Å². The SMILES string of the molecule is CC(C)NCC(CCC(C)(C)C)c1ccccc1Br. The van der Waals surface area contributed by atoms with Gasteiger partial charge < -0.3 is 5.32 Å². The van der Waals surface area contributed by atoms with Crippen molar-refractivity contribution in [1.29, 1.82) is 0 Å². The van der Waals surface area contributed by atoms with Gasteiger partial charge in [-0.1, -0.05) is 68.7 Å². The van der Waals surface area contributed by atoms with E-state index in [1.807, 2.05) is 0 Å². The predicted octanol–water partition coefficient (Wildman–Crippen LogP) is 5.36. The quantitative estimate of drug-likeness (QED) is 0.742. The fraction of sp³-hybridized carbons (Fsp3) is 0.647. The van der Waals surface area contributed by atoms with Crippen molar-refractivity contribution in [2.24, 2.45) is 5.41 Å². The number of rotatable bonds is 6. The summed E-state index contributed by atoms with van der Waals surface area (Å²) >= 11 is 3.70. The van der Waals surface area contributed by atoms with Crippen molar-refractivity contribution in [2.75, 3.05) is 6.54 Å². The first-order chi connectivity index (χ1) is 8.79. The zero-order valence-electron chi connectivity index (χ0n) is 13.0. The van der Waals surface area contributed by atoms with Crippen LogP contribution in [0.15, 0.2) is 28.7 Å². The molecule has 0 heterocycles. The van der Waals surface area contributed by atoms with Crippen molar-refractivity contribution in [3.05, 3.63) is 34.3 Å². The molecule has 0 bridgehead atoms. The van der Waals surface area contributed by atoms with Gasteiger partial charge in [0.2, 0.25) is 0 Å². The Morgan fingerprint density at radius 2 is 1.79 bits per heavy atom. The van der Waals surface area contributed by atoms with E-state index < -0.39 is 0 Å². The standard InChI is InChI=1S/C17H28BrN/c1-13(2)19-12-14(10-11-17(3,4)5)15-8-6-7-9-16(15)18/h6-9,13-14,19H,10-12H2,1-5H3. The molecular formula is C17H28BrN. The van der Waals surface area contributed by atoms with Gasteiger partial charge >= 0.3 is 0 Å². The summed E-state index contributed by atoms with van der Waals surface area (Å²) < 4.78 is 1.24. The van der Waals surface area contributed by atoms with Crippen LogP contribution in [0.2, 0.25) is 0 Å². The molecule has 0 radical (unpaired) electrons. The fourth-order valence-electron chi connectivity index (χ4n) is 2.16. The molecule has 1 unspecified atom stereocenters. The van der Waals surface area contributed by atoms with Gasteiger partial charge in [-0.25, -0.2) is 0 Å². The minimum absolute atomic E-state index is 0.400. The zero-order chi connectivity index (χ0) is 14.5. The van der Waals surface area contributed by atoms with Gasteiger partial charge in [0.15, 0.2) is 0 Å². The molecule has 1 N–H and O–H groups in total. The van der Waals surface area contributed by atoms with E-state index in [9.17, 15) is 0 Å². The molecule has 0 saturated carbocycles. The van der Waals surface area contributed by atoms with Crippen molar-refractivity contribution in [1.82, 2.24) is 5.32 Å². The van der Waals surface area contributed by atoms with Gasteiger partial charge in [0.05, 0.1) is 0 Å². The first kappa shape index (κ1) is 16.7. The Labute approximate surface area is 127 Å². The van der Waals surface area contributed by atoms with Crippen LogP contribution in [0.5, 0.6) is 0 Å². The van der Waals surface area contributed by atoms with Gasteiger partial charge in [0.1, 0.15) is 0 Å². The lowest BCUT2D eigenvalue weighted by Gasteiger charge is -2.25. The van der Waals surface area contributed by atoms with Gasteiger partial charge in [-0.3, -0.25) is 0 Å². The third-order valence-corrected chi connectivity index (χ3v) is 4.08. The molecule has 0 saturated heterocycles. The Morgan fingerprint density at radius 3 is 2.32 bits per heavy atom. The molecule has 1 atom stereocenters. The molecule has 0 amide bonds. The van der Waals surface area contributed by atoms with E-state index in [0.29, 0.717) is 17.4 Å². The molecule has 1 aromatic carbocycles. The van der Waals surface area contributed by atoms with E-state index in [1.54, 1.807) is 0 Å². The monoisotopic (exact) mass is 325 g/mol. The summed E-state index contributed by atoms with van der Waals surface area (Å²) in [5.41, 5.74) is 1.83. The molecule has 0 aliphatic carbocycles. The highest BCUT2D eigenvalue weighted by Crippen LogP contribution is 2.32. The third kappa shape index (κ3) is 6.58. The van der Waals surface area contributed by atoms with Crippen LogP contribution in [0, 0.1) is 5.41 Å². The molecule has 0 spiro atoms. The lowest BCUT2D eigenvalue weighted by atomic mass is 9.84. The fourth-order valence-corrected chi connectivity index (χ4v) is 2.77. The second-order valence-electron chi connectivity index (χ2n) is 6.88. The highest BCUT2D eigenvalue weighted by atomic mass is 79.9. The summed E-state index contributed by atoms with van der Waals surface area (Å²) in [6.07, 6.45) is 2.48. The summed E-state index contributed by atoms with van der Waals surface area (Å²) in [5.74, 6) is 0.581. The van der Waals surface area contributed by atoms with E-state index in [4.69, 9.17) is 0 Å². The smallest absolute Gasteiger partial charge is 0.0210 e. The highest BCUT2D eigenvalue weighted by Gasteiger charge is 2.18. The van der Waals surface area contributed by atoms with E-state index in [2.05, 4.69) is 80.1 Å². The topological polar surface area (TPSA) is 12.0 Å². The van der Waals surface area contributed by atoms with Crippen LogP contribution in [0.4, 0.5) is 0 Å². The number of nitrogens with one attached hydrogen (secondary N) is 1. The summed E-state index contributed by atoms with van der Waals surface area (Å²) in [7, 11) is 0. The first-order valence-corrected chi connectivity index (χ1v) is 8.06. The van der Waals surface area contributed by atoms with Crippen molar-refractivity contribution in [2.45, 2.75) is 59.4 Å². The number of benzene rings is 1. The molecule has 0 aliphatic rings. The Hall–Kier alpha value is -0.340. The Balaban J connectivity index is 2.77. The number of hydrogen-bond acceptors (Lipinski definition) is 1. The van der Waals surface area contributed by atoms with Crippen LogP contribution >= 0.6 is 15.9 Å². The summed E-state index contributed by atoms with van der Waals surface area (Å²) in [5, 5.41) is 3.59. The summed E-state index contributed by atoms with van der Waals surface area (Å²) in [6.45, 7) is 12.4. The van der Waals surface area contributed by atoms with E-state index >= 15 is 0 Å². The molecule has 1 nitrogen and oxygen atoms in total. The van der Waals surface area contributed by atoms with Crippen LogP contribution in [0.25, 0.3) is 0 Å². The van der Waals surface area contributed by atoms with E-state index in [0.717, 1.165) is 6.54 Å². The van der Waals surface area contributed by atoms with Gasteiger partial charge in [0, 0.05) is 17.1 Å². The van der Waals surface area contributed by atoms with Gasteiger partial charge in [0.25, 0.3) is 0 Å². The summed E-state index contributed by atoms with van der Waals surface area (Å²) in [6, 6.07) is 9.16. The minimum atomic E-state index is 0.400. The molecule has 108 valence electrons. The lowest BCUT2D eigenvalue weighted by molar-refractivity contribution is 0.342. The second kappa shape index (κ2) is 7.44. The third-order valence-electron chi connectivity index (χ3n) is 3.36. The van der Waals surface area contributed by atoms with Crippen LogP contribution in [-0.4, -0.2) is 12.6 Å².